The predicted octanol–water partition coefficient (Wildman–Crippen LogP) is -0.132. The standard InChI is InChI=1S/C3H3NO3/c5-2-1-3(6)4-7/h2H,1H2. The third-order valence-electron chi connectivity index (χ3n) is 0.360. The molecular formula is C3H3NO3. The molecule has 0 heterocycles. The van der Waals surface area contributed by atoms with Gasteiger partial charge in [-0.15, -0.1) is 4.91 Å². The van der Waals surface area contributed by atoms with Gasteiger partial charge in [0.15, 0.2) is 0 Å². The van der Waals surface area contributed by atoms with Crippen molar-refractivity contribution >= 4 is 12.2 Å². The number of nitroso groups, excluding NO2 is 1. The molecule has 0 aromatic carbocycles. The first-order valence-electron chi connectivity index (χ1n) is 1.61. The monoisotopic (exact) mass is 101 g/mol. The molecule has 0 aliphatic rings. The summed E-state index contributed by atoms with van der Waals surface area (Å²) in [5, 5.41) is 1.96. The van der Waals surface area contributed by atoms with Crippen molar-refractivity contribution in [2.75, 3.05) is 0 Å². The summed E-state index contributed by atoms with van der Waals surface area (Å²) < 4.78 is 0. The van der Waals surface area contributed by atoms with Gasteiger partial charge in [0.1, 0.15) is 6.29 Å². The summed E-state index contributed by atoms with van der Waals surface area (Å²) >= 11 is 0. The van der Waals surface area contributed by atoms with Crippen molar-refractivity contribution in [2.24, 2.45) is 5.18 Å². The number of rotatable bonds is 2. The van der Waals surface area contributed by atoms with E-state index in [2.05, 4.69) is 0 Å². The third kappa shape index (κ3) is 2.75. The molecule has 1 amide bonds. The molecule has 0 bridgehead atoms. The van der Waals surface area contributed by atoms with E-state index in [4.69, 9.17) is 4.91 Å². The van der Waals surface area contributed by atoms with Crippen LogP contribution in [0.2, 0.25) is 0 Å². The quantitative estimate of drug-likeness (QED) is 0.276. The minimum atomic E-state index is -0.921. The Hall–Kier alpha value is -1.06. The molecule has 0 aromatic rings. The molecule has 0 unspecified atom stereocenters. The average molecular weight is 101 g/mol. The van der Waals surface area contributed by atoms with Gasteiger partial charge in [-0.2, -0.15) is 0 Å². The van der Waals surface area contributed by atoms with Crippen LogP contribution >= 0.6 is 0 Å². The van der Waals surface area contributed by atoms with E-state index < -0.39 is 12.3 Å². The van der Waals surface area contributed by atoms with Gasteiger partial charge in [-0.1, -0.05) is 0 Å². The molecule has 0 saturated heterocycles. The van der Waals surface area contributed by atoms with E-state index in [1.54, 1.807) is 0 Å². The molecule has 0 rings (SSSR count). The maximum atomic E-state index is 9.70. The lowest BCUT2D eigenvalue weighted by Gasteiger charge is -1.69. The highest BCUT2D eigenvalue weighted by atomic mass is 16.3. The van der Waals surface area contributed by atoms with Gasteiger partial charge in [-0.05, 0) is 0 Å². The van der Waals surface area contributed by atoms with Crippen molar-refractivity contribution < 1.29 is 9.59 Å². The zero-order valence-corrected chi connectivity index (χ0v) is 3.46. The second-order valence-corrected chi connectivity index (χ2v) is 0.856. The largest absolute Gasteiger partial charge is 0.303 e. The number of amides is 1. The summed E-state index contributed by atoms with van der Waals surface area (Å²) in [5.74, 6) is -0.921. The Labute approximate surface area is 39.5 Å². The van der Waals surface area contributed by atoms with Gasteiger partial charge < -0.3 is 4.79 Å². The summed E-state index contributed by atoms with van der Waals surface area (Å²) in [7, 11) is 0. The Morgan fingerprint density at radius 1 is 1.71 bits per heavy atom. The number of hydrogen-bond acceptors (Lipinski definition) is 3. The summed E-state index contributed by atoms with van der Waals surface area (Å²) in [5.41, 5.74) is 0. The first-order chi connectivity index (χ1) is 3.31. The number of carbonyl (C=O) groups is 2. The number of nitrogens with zero attached hydrogens (tertiary/aromatic N) is 1. The van der Waals surface area contributed by atoms with Crippen LogP contribution in [0.4, 0.5) is 0 Å². The molecule has 0 aromatic heterocycles. The van der Waals surface area contributed by atoms with Crippen LogP contribution in [0.5, 0.6) is 0 Å². The summed E-state index contributed by atoms with van der Waals surface area (Å²) in [4.78, 5) is 28.2. The molecule has 7 heavy (non-hydrogen) atoms. The zero-order valence-electron chi connectivity index (χ0n) is 3.46. The van der Waals surface area contributed by atoms with Crippen molar-refractivity contribution in [2.45, 2.75) is 6.42 Å². The van der Waals surface area contributed by atoms with Crippen LogP contribution in [-0.2, 0) is 9.59 Å². The molecule has 4 nitrogen and oxygen atoms in total. The Balaban J connectivity index is 3.36. The molecule has 0 N–H and O–H groups in total. The van der Waals surface area contributed by atoms with Crippen LogP contribution in [0.15, 0.2) is 5.18 Å². The molecule has 0 aliphatic carbocycles. The number of carbonyl (C=O) groups excluding carboxylic acids is 2. The van der Waals surface area contributed by atoms with Crippen molar-refractivity contribution in [1.82, 2.24) is 0 Å². The van der Waals surface area contributed by atoms with E-state index in [1.807, 2.05) is 5.18 Å². The molecule has 0 aliphatic heterocycles. The average Bonchev–Trinajstić information content (AvgIpc) is 1.68. The summed E-state index contributed by atoms with van der Waals surface area (Å²) in [6.45, 7) is 0. The van der Waals surface area contributed by atoms with E-state index in [-0.39, 0.29) is 0 Å². The van der Waals surface area contributed by atoms with Crippen LogP contribution in [0.25, 0.3) is 0 Å². The zero-order chi connectivity index (χ0) is 5.70. The van der Waals surface area contributed by atoms with Crippen LogP contribution in [0.3, 0.4) is 0 Å². The Morgan fingerprint density at radius 3 is 2.43 bits per heavy atom. The number of aldehydes is 1. The minimum Gasteiger partial charge on any atom is -0.303 e. The minimum absolute atomic E-state index is 0.337. The summed E-state index contributed by atoms with van der Waals surface area (Å²) in [6, 6.07) is 0. The lowest BCUT2D eigenvalue weighted by atomic mass is 10.5. The second-order valence-electron chi connectivity index (χ2n) is 0.856. The van der Waals surface area contributed by atoms with Crippen LogP contribution in [0, 0.1) is 4.91 Å². The lowest BCUT2D eigenvalue weighted by molar-refractivity contribution is -0.121. The maximum Gasteiger partial charge on any atom is 0.293 e. The first-order valence-corrected chi connectivity index (χ1v) is 1.61. The van der Waals surface area contributed by atoms with Crippen molar-refractivity contribution in [3.8, 4) is 0 Å². The summed E-state index contributed by atoms with van der Waals surface area (Å²) in [6.07, 6.45) is -0.0623. The van der Waals surface area contributed by atoms with Gasteiger partial charge in [-0.3, -0.25) is 4.79 Å². The SMILES string of the molecule is O=CCC(=O)N=O. The smallest absolute Gasteiger partial charge is 0.293 e. The molecular weight excluding hydrogens is 98.0 g/mol. The Bertz CT molecular complexity index is 98.4. The van der Waals surface area contributed by atoms with Crippen molar-refractivity contribution in [1.29, 1.82) is 0 Å². The second kappa shape index (κ2) is 3.14. The molecule has 0 saturated carbocycles. The van der Waals surface area contributed by atoms with E-state index in [0.717, 1.165) is 0 Å². The first kappa shape index (κ1) is 5.94. The highest BCUT2D eigenvalue weighted by molar-refractivity contribution is 5.88. The molecule has 0 spiro atoms. The van der Waals surface area contributed by atoms with Crippen LogP contribution < -0.4 is 0 Å². The van der Waals surface area contributed by atoms with E-state index in [0.29, 0.717) is 6.29 Å². The molecule has 0 radical (unpaired) electrons. The van der Waals surface area contributed by atoms with Gasteiger partial charge in [0.25, 0.3) is 5.91 Å². The van der Waals surface area contributed by atoms with Gasteiger partial charge >= 0.3 is 0 Å². The van der Waals surface area contributed by atoms with Gasteiger partial charge in [0, 0.05) is 5.18 Å². The van der Waals surface area contributed by atoms with E-state index in [9.17, 15) is 9.59 Å². The highest BCUT2D eigenvalue weighted by Gasteiger charge is 1.94. The fourth-order valence-electron chi connectivity index (χ4n) is 0.109. The molecule has 0 atom stereocenters. The fourth-order valence-corrected chi connectivity index (χ4v) is 0.109. The molecule has 4 heteroatoms. The van der Waals surface area contributed by atoms with Crippen LogP contribution in [-0.4, -0.2) is 12.2 Å². The van der Waals surface area contributed by atoms with Gasteiger partial charge in [0.05, 0.1) is 6.42 Å². The maximum absolute atomic E-state index is 9.70. The lowest BCUT2D eigenvalue weighted by Crippen LogP contribution is -1.89. The van der Waals surface area contributed by atoms with E-state index in [1.165, 1.54) is 0 Å². The van der Waals surface area contributed by atoms with Gasteiger partial charge in [-0.25, -0.2) is 0 Å². The Kier molecular flexibility index (Phi) is 2.67. The Morgan fingerprint density at radius 2 is 2.29 bits per heavy atom. The van der Waals surface area contributed by atoms with Crippen molar-refractivity contribution in [3.63, 3.8) is 0 Å². The molecule has 38 valence electrons. The van der Waals surface area contributed by atoms with E-state index >= 15 is 0 Å². The fraction of sp³-hybridized carbons (Fsp3) is 0.333. The highest BCUT2D eigenvalue weighted by Crippen LogP contribution is 1.75. The topological polar surface area (TPSA) is 63.6 Å². The van der Waals surface area contributed by atoms with Gasteiger partial charge in [0.2, 0.25) is 0 Å². The normalized spacial score (nSPS) is 7.43. The third-order valence-corrected chi connectivity index (χ3v) is 0.360. The molecule has 0 fully saturated rings. The predicted molar refractivity (Wildman–Crippen MR) is 21.5 cm³/mol. The van der Waals surface area contributed by atoms with Crippen LogP contribution in [0.1, 0.15) is 6.42 Å². The van der Waals surface area contributed by atoms with Crippen molar-refractivity contribution in [3.05, 3.63) is 4.91 Å². The number of hydrogen-bond donors (Lipinski definition) is 0.